The van der Waals surface area contributed by atoms with Gasteiger partial charge in [-0.2, -0.15) is 0 Å². The average Bonchev–Trinajstić information content (AvgIpc) is 2.11. The molecule has 4 nitrogen and oxygen atoms in total. The number of rotatable bonds is 5. The van der Waals surface area contributed by atoms with Crippen molar-refractivity contribution in [3.05, 3.63) is 0 Å². The zero-order chi connectivity index (χ0) is 10.4. The Morgan fingerprint density at radius 2 is 2.00 bits per heavy atom. The predicted molar refractivity (Wildman–Crippen MR) is 52.4 cm³/mol. The molecule has 2 atom stereocenters. The second-order valence-electron chi connectivity index (χ2n) is 3.65. The van der Waals surface area contributed by atoms with E-state index in [0.29, 0.717) is 6.54 Å². The number of likely N-dealkylation sites (N-methyl/N-ethyl adjacent to an activating group) is 1. The van der Waals surface area contributed by atoms with Gasteiger partial charge in [0.05, 0.1) is 6.04 Å². The molecule has 0 saturated heterocycles. The van der Waals surface area contributed by atoms with E-state index in [0.717, 1.165) is 0 Å². The number of carbonyl (C=O) groups is 1. The van der Waals surface area contributed by atoms with E-state index in [1.165, 1.54) is 0 Å². The van der Waals surface area contributed by atoms with Crippen molar-refractivity contribution in [3.8, 4) is 0 Å². The van der Waals surface area contributed by atoms with Crippen LogP contribution in [0.2, 0.25) is 0 Å². The van der Waals surface area contributed by atoms with Gasteiger partial charge in [0.25, 0.3) is 0 Å². The van der Waals surface area contributed by atoms with E-state index >= 15 is 0 Å². The largest absolute Gasteiger partial charge is 0.396 e. The van der Waals surface area contributed by atoms with Crippen molar-refractivity contribution in [1.82, 2.24) is 10.2 Å². The smallest absolute Gasteiger partial charge is 0.238 e. The number of carbonyl (C=O) groups excluding carboxylic acids is 1. The lowest BCUT2D eigenvalue weighted by Gasteiger charge is -2.19. The highest BCUT2D eigenvalue weighted by molar-refractivity contribution is 5.80. The van der Waals surface area contributed by atoms with Crippen LogP contribution in [-0.4, -0.2) is 49.2 Å². The van der Waals surface area contributed by atoms with Gasteiger partial charge in [-0.1, -0.05) is 6.92 Å². The molecule has 78 valence electrons. The van der Waals surface area contributed by atoms with Gasteiger partial charge in [0.1, 0.15) is 0 Å². The lowest BCUT2D eigenvalue weighted by atomic mass is 10.2. The number of nitrogens with one attached hydrogen (secondary N) is 1. The standard InChI is InChI=1S/C9H20N2O2/c1-7(6-12)5-10-8(2)9(13)11(3)4/h7-8,10,12H,5-6H2,1-4H3. The van der Waals surface area contributed by atoms with E-state index in [1.54, 1.807) is 19.0 Å². The molecule has 0 aromatic heterocycles. The summed E-state index contributed by atoms with van der Waals surface area (Å²) in [5, 5.41) is 11.8. The van der Waals surface area contributed by atoms with E-state index in [9.17, 15) is 4.79 Å². The van der Waals surface area contributed by atoms with Crippen LogP contribution in [0.25, 0.3) is 0 Å². The van der Waals surface area contributed by atoms with Crippen molar-refractivity contribution < 1.29 is 9.90 Å². The van der Waals surface area contributed by atoms with Crippen molar-refractivity contribution in [3.63, 3.8) is 0 Å². The number of hydrogen-bond donors (Lipinski definition) is 2. The molecule has 0 fully saturated rings. The third-order valence-corrected chi connectivity index (χ3v) is 1.90. The van der Waals surface area contributed by atoms with Crippen molar-refractivity contribution in [1.29, 1.82) is 0 Å². The lowest BCUT2D eigenvalue weighted by Crippen LogP contribution is -2.43. The molecule has 2 unspecified atom stereocenters. The van der Waals surface area contributed by atoms with Gasteiger partial charge in [0.15, 0.2) is 0 Å². The van der Waals surface area contributed by atoms with Gasteiger partial charge in [0, 0.05) is 27.2 Å². The summed E-state index contributed by atoms with van der Waals surface area (Å²) < 4.78 is 0. The maximum absolute atomic E-state index is 11.3. The molecular weight excluding hydrogens is 168 g/mol. The average molecular weight is 188 g/mol. The highest BCUT2D eigenvalue weighted by atomic mass is 16.3. The summed E-state index contributed by atoms with van der Waals surface area (Å²) in [6, 6.07) is -0.177. The zero-order valence-corrected chi connectivity index (χ0v) is 8.87. The second kappa shape index (κ2) is 5.94. The van der Waals surface area contributed by atoms with E-state index in [-0.39, 0.29) is 24.5 Å². The number of hydrogen-bond acceptors (Lipinski definition) is 3. The van der Waals surface area contributed by atoms with Crippen molar-refractivity contribution in [2.24, 2.45) is 5.92 Å². The Kier molecular flexibility index (Phi) is 5.66. The molecule has 0 heterocycles. The first kappa shape index (κ1) is 12.4. The van der Waals surface area contributed by atoms with Crippen molar-refractivity contribution in [2.45, 2.75) is 19.9 Å². The van der Waals surface area contributed by atoms with Crippen LogP contribution >= 0.6 is 0 Å². The Bertz CT molecular complexity index is 160. The van der Waals surface area contributed by atoms with Crippen LogP contribution in [0.4, 0.5) is 0 Å². The summed E-state index contributed by atoms with van der Waals surface area (Å²) in [6.45, 7) is 4.57. The molecule has 0 aromatic rings. The fourth-order valence-corrected chi connectivity index (χ4v) is 0.917. The molecule has 0 aromatic carbocycles. The molecule has 0 bridgehead atoms. The van der Waals surface area contributed by atoms with Crippen LogP contribution < -0.4 is 5.32 Å². The summed E-state index contributed by atoms with van der Waals surface area (Å²) >= 11 is 0. The molecule has 0 aliphatic rings. The van der Waals surface area contributed by atoms with Crippen LogP contribution in [0.15, 0.2) is 0 Å². The first-order valence-corrected chi connectivity index (χ1v) is 4.54. The Balaban J connectivity index is 3.74. The molecular formula is C9H20N2O2. The highest BCUT2D eigenvalue weighted by Gasteiger charge is 2.14. The molecule has 0 rings (SSSR count). The Hall–Kier alpha value is -0.610. The molecule has 13 heavy (non-hydrogen) atoms. The van der Waals surface area contributed by atoms with Crippen LogP contribution in [-0.2, 0) is 4.79 Å². The van der Waals surface area contributed by atoms with Crippen LogP contribution in [0.5, 0.6) is 0 Å². The maximum Gasteiger partial charge on any atom is 0.238 e. The summed E-state index contributed by atoms with van der Waals surface area (Å²) in [7, 11) is 3.46. The molecule has 0 spiro atoms. The van der Waals surface area contributed by atoms with Crippen LogP contribution in [0.1, 0.15) is 13.8 Å². The number of aliphatic hydroxyl groups is 1. The SMILES string of the molecule is CC(CO)CNC(C)C(=O)N(C)C. The summed E-state index contributed by atoms with van der Waals surface area (Å²) in [6.07, 6.45) is 0. The minimum atomic E-state index is -0.177. The maximum atomic E-state index is 11.3. The quantitative estimate of drug-likeness (QED) is 0.622. The van der Waals surface area contributed by atoms with Gasteiger partial charge >= 0.3 is 0 Å². The van der Waals surface area contributed by atoms with Gasteiger partial charge in [-0.3, -0.25) is 4.79 Å². The van der Waals surface area contributed by atoms with Crippen LogP contribution in [0, 0.1) is 5.92 Å². The van der Waals surface area contributed by atoms with E-state index in [4.69, 9.17) is 5.11 Å². The van der Waals surface area contributed by atoms with E-state index < -0.39 is 0 Å². The third-order valence-electron chi connectivity index (χ3n) is 1.90. The van der Waals surface area contributed by atoms with Gasteiger partial charge < -0.3 is 15.3 Å². The van der Waals surface area contributed by atoms with Crippen LogP contribution in [0.3, 0.4) is 0 Å². The molecule has 2 N–H and O–H groups in total. The topological polar surface area (TPSA) is 52.6 Å². The van der Waals surface area contributed by atoms with Gasteiger partial charge in [-0.15, -0.1) is 0 Å². The summed E-state index contributed by atoms with van der Waals surface area (Å²) in [4.78, 5) is 12.9. The third kappa shape index (κ3) is 4.85. The van der Waals surface area contributed by atoms with Gasteiger partial charge in [-0.25, -0.2) is 0 Å². The number of aliphatic hydroxyl groups excluding tert-OH is 1. The van der Waals surface area contributed by atoms with Gasteiger partial charge in [-0.05, 0) is 12.8 Å². The van der Waals surface area contributed by atoms with E-state index in [2.05, 4.69) is 5.32 Å². The fourth-order valence-electron chi connectivity index (χ4n) is 0.917. The second-order valence-corrected chi connectivity index (χ2v) is 3.65. The molecule has 1 amide bonds. The monoisotopic (exact) mass is 188 g/mol. The Morgan fingerprint density at radius 1 is 1.46 bits per heavy atom. The summed E-state index contributed by atoms with van der Waals surface area (Å²) in [5.41, 5.74) is 0. The first-order valence-electron chi connectivity index (χ1n) is 4.54. The lowest BCUT2D eigenvalue weighted by molar-refractivity contribution is -0.130. The Labute approximate surface area is 79.9 Å². The molecule has 0 saturated carbocycles. The predicted octanol–water partition coefficient (Wildman–Crippen LogP) is -0.319. The first-order chi connectivity index (χ1) is 5.99. The minimum absolute atomic E-state index is 0.0603. The van der Waals surface area contributed by atoms with Crippen molar-refractivity contribution in [2.75, 3.05) is 27.2 Å². The molecule has 0 radical (unpaired) electrons. The zero-order valence-electron chi connectivity index (χ0n) is 8.87. The molecule has 0 aliphatic carbocycles. The van der Waals surface area contributed by atoms with Crippen molar-refractivity contribution >= 4 is 5.91 Å². The summed E-state index contributed by atoms with van der Waals surface area (Å²) in [5.74, 6) is 0.252. The molecule has 0 aliphatic heterocycles. The Morgan fingerprint density at radius 3 is 2.38 bits per heavy atom. The van der Waals surface area contributed by atoms with Gasteiger partial charge in [0.2, 0.25) is 5.91 Å². The fraction of sp³-hybridized carbons (Fsp3) is 0.889. The molecule has 4 heteroatoms. The normalized spacial score (nSPS) is 15.2. The number of amides is 1. The minimum Gasteiger partial charge on any atom is -0.396 e. The highest BCUT2D eigenvalue weighted by Crippen LogP contribution is 1.93. The number of nitrogens with zero attached hydrogens (tertiary/aromatic N) is 1. The van der Waals surface area contributed by atoms with E-state index in [1.807, 2.05) is 13.8 Å².